The summed E-state index contributed by atoms with van der Waals surface area (Å²) in [6.45, 7) is -0.274. The summed E-state index contributed by atoms with van der Waals surface area (Å²) < 4.78 is 1.85. The van der Waals surface area contributed by atoms with Crippen LogP contribution < -0.4 is 0 Å². The third-order valence-electron chi connectivity index (χ3n) is 3.46. The highest BCUT2D eigenvalue weighted by molar-refractivity contribution is 7.98. The number of hydrogen-bond donors (Lipinski definition) is 1. The van der Waals surface area contributed by atoms with Crippen molar-refractivity contribution in [3.8, 4) is 0 Å². The number of hydrogen-bond acceptors (Lipinski definition) is 4. The maximum atomic E-state index is 12.7. The molecule has 0 unspecified atom stereocenters. The highest BCUT2D eigenvalue weighted by atomic mass is 32.2. The monoisotopic (exact) mass is 305 g/mol. The number of rotatable bonds is 5. The van der Waals surface area contributed by atoms with Crippen molar-refractivity contribution in [2.24, 2.45) is 0 Å². The predicted molar refractivity (Wildman–Crippen MR) is 78.7 cm³/mol. The van der Waals surface area contributed by atoms with Gasteiger partial charge in [0.25, 0.3) is 5.91 Å². The summed E-state index contributed by atoms with van der Waals surface area (Å²) in [5.41, 5.74) is 1.04. The molecule has 0 saturated heterocycles. The summed E-state index contributed by atoms with van der Waals surface area (Å²) in [4.78, 5) is 29.5. The molecule has 0 aromatic carbocycles. The van der Waals surface area contributed by atoms with E-state index in [2.05, 4.69) is 4.98 Å². The van der Waals surface area contributed by atoms with Crippen LogP contribution in [0.25, 0.3) is 5.52 Å². The molecule has 3 rings (SSSR count). The van der Waals surface area contributed by atoms with Crippen LogP contribution >= 0.6 is 11.8 Å². The second kappa shape index (κ2) is 5.40. The molecule has 1 N–H and O–H groups in total. The van der Waals surface area contributed by atoms with E-state index < -0.39 is 5.97 Å². The number of aliphatic carboxylic acids is 1. The molecule has 2 aromatic heterocycles. The van der Waals surface area contributed by atoms with Crippen LogP contribution in [-0.2, 0) is 4.79 Å². The molecule has 1 amide bonds. The minimum absolute atomic E-state index is 0.0341. The normalized spacial score (nSPS) is 14.3. The van der Waals surface area contributed by atoms with Gasteiger partial charge >= 0.3 is 5.97 Å². The number of carbonyl (C=O) groups excluding carboxylic acids is 1. The molecule has 7 heteroatoms. The van der Waals surface area contributed by atoms with Gasteiger partial charge in [0.1, 0.15) is 6.54 Å². The zero-order valence-corrected chi connectivity index (χ0v) is 12.3. The van der Waals surface area contributed by atoms with E-state index in [1.807, 2.05) is 35.1 Å². The first-order chi connectivity index (χ1) is 10.1. The first-order valence-electron chi connectivity index (χ1n) is 6.65. The number of carboxylic acids is 1. The van der Waals surface area contributed by atoms with Gasteiger partial charge in [-0.3, -0.25) is 14.0 Å². The van der Waals surface area contributed by atoms with E-state index in [1.54, 1.807) is 0 Å². The topological polar surface area (TPSA) is 74.9 Å². The fraction of sp³-hybridized carbons (Fsp3) is 0.357. The number of pyridine rings is 1. The number of aromatic nitrogens is 2. The molecule has 1 aliphatic carbocycles. The number of fused-ring (bicyclic) bond motifs is 1. The van der Waals surface area contributed by atoms with Crippen molar-refractivity contribution in [2.75, 3.05) is 12.8 Å². The van der Waals surface area contributed by atoms with Crippen LogP contribution in [0.5, 0.6) is 0 Å². The minimum Gasteiger partial charge on any atom is -0.480 e. The number of nitrogens with zero attached hydrogens (tertiary/aromatic N) is 3. The van der Waals surface area contributed by atoms with E-state index in [-0.39, 0.29) is 18.5 Å². The first-order valence-corrected chi connectivity index (χ1v) is 7.88. The Morgan fingerprint density at radius 1 is 1.48 bits per heavy atom. The third-order valence-corrected chi connectivity index (χ3v) is 4.11. The fourth-order valence-corrected chi connectivity index (χ4v) is 2.88. The van der Waals surface area contributed by atoms with Gasteiger partial charge in [-0.2, -0.15) is 0 Å². The van der Waals surface area contributed by atoms with Crippen molar-refractivity contribution in [3.05, 3.63) is 30.1 Å². The van der Waals surface area contributed by atoms with Gasteiger partial charge < -0.3 is 10.0 Å². The number of carboxylic acid groups (broad SMARTS) is 1. The Morgan fingerprint density at radius 3 is 2.86 bits per heavy atom. The van der Waals surface area contributed by atoms with Crippen LogP contribution in [0.1, 0.15) is 23.3 Å². The molecule has 1 aliphatic rings. The Bertz CT molecular complexity index is 709. The molecule has 1 saturated carbocycles. The molecule has 0 bridgehead atoms. The summed E-state index contributed by atoms with van der Waals surface area (Å²) in [6, 6.07) is 5.58. The number of imidazole rings is 1. The van der Waals surface area contributed by atoms with Crippen molar-refractivity contribution >= 4 is 29.2 Å². The summed E-state index contributed by atoms with van der Waals surface area (Å²) in [5, 5.41) is 9.72. The Morgan fingerprint density at radius 2 is 2.24 bits per heavy atom. The molecular weight excluding hydrogens is 290 g/mol. The quantitative estimate of drug-likeness (QED) is 0.852. The molecule has 0 atom stereocenters. The van der Waals surface area contributed by atoms with Crippen LogP contribution in [0.2, 0.25) is 0 Å². The number of thioether (sulfide) groups is 1. The molecule has 21 heavy (non-hydrogen) atoms. The summed E-state index contributed by atoms with van der Waals surface area (Å²) in [5.74, 6) is -1.30. The fourth-order valence-electron chi connectivity index (χ4n) is 2.35. The Balaban J connectivity index is 2.02. The number of amides is 1. The van der Waals surface area contributed by atoms with Gasteiger partial charge in [0.05, 0.1) is 5.52 Å². The predicted octanol–water partition coefficient (Wildman–Crippen LogP) is 1.75. The van der Waals surface area contributed by atoms with Crippen LogP contribution in [0.15, 0.2) is 29.6 Å². The molecule has 0 spiro atoms. The minimum atomic E-state index is -0.996. The van der Waals surface area contributed by atoms with Crippen molar-refractivity contribution in [3.63, 3.8) is 0 Å². The standard InChI is InChI=1S/C14H15N3O3S/c1-21-14-15-12(10-4-2-3-7-16(10)14)13(20)17(8-11(18)19)9-5-6-9/h2-4,7,9H,5-6,8H2,1H3,(H,18,19). The Labute approximate surface area is 125 Å². The smallest absolute Gasteiger partial charge is 0.323 e. The molecule has 2 aromatic rings. The Kier molecular flexibility index (Phi) is 3.59. The second-order valence-electron chi connectivity index (χ2n) is 4.96. The van der Waals surface area contributed by atoms with E-state index >= 15 is 0 Å². The van der Waals surface area contributed by atoms with Gasteiger partial charge in [-0.25, -0.2) is 4.98 Å². The molecule has 0 radical (unpaired) electrons. The van der Waals surface area contributed by atoms with E-state index in [1.165, 1.54) is 16.7 Å². The van der Waals surface area contributed by atoms with Crippen LogP contribution in [0, 0.1) is 0 Å². The van der Waals surface area contributed by atoms with Gasteiger partial charge in [0, 0.05) is 12.2 Å². The molecular formula is C14H15N3O3S. The lowest BCUT2D eigenvalue weighted by Crippen LogP contribution is -2.37. The third kappa shape index (κ3) is 2.61. The molecule has 110 valence electrons. The van der Waals surface area contributed by atoms with Gasteiger partial charge in [0.15, 0.2) is 10.9 Å². The molecule has 6 nitrogen and oxygen atoms in total. The van der Waals surface area contributed by atoms with E-state index in [0.717, 1.165) is 18.0 Å². The van der Waals surface area contributed by atoms with Crippen LogP contribution in [0.3, 0.4) is 0 Å². The maximum absolute atomic E-state index is 12.7. The molecule has 0 aliphatic heterocycles. The van der Waals surface area contributed by atoms with Gasteiger partial charge in [-0.15, -0.1) is 0 Å². The summed E-state index contributed by atoms with van der Waals surface area (Å²) in [7, 11) is 0. The second-order valence-corrected chi connectivity index (χ2v) is 5.73. The highest BCUT2D eigenvalue weighted by Gasteiger charge is 2.36. The lowest BCUT2D eigenvalue weighted by Gasteiger charge is -2.19. The maximum Gasteiger partial charge on any atom is 0.323 e. The average molecular weight is 305 g/mol. The lowest BCUT2D eigenvalue weighted by atomic mass is 10.3. The first kappa shape index (κ1) is 13.9. The van der Waals surface area contributed by atoms with Gasteiger partial charge in [-0.1, -0.05) is 17.8 Å². The van der Waals surface area contributed by atoms with E-state index in [9.17, 15) is 9.59 Å². The number of carbonyl (C=O) groups is 2. The van der Waals surface area contributed by atoms with Gasteiger partial charge in [-0.05, 0) is 31.2 Å². The summed E-state index contributed by atoms with van der Waals surface area (Å²) in [6.07, 6.45) is 5.47. The van der Waals surface area contributed by atoms with Crippen molar-refractivity contribution in [1.29, 1.82) is 0 Å². The SMILES string of the molecule is CSc1nc(C(=O)N(CC(=O)O)C2CC2)c2ccccn12. The van der Waals surface area contributed by atoms with Crippen LogP contribution in [0.4, 0.5) is 0 Å². The zero-order valence-electron chi connectivity index (χ0n) is 11.5. The van der Waals surface area contributed by atoms with Gasteiger partial charge in [0.2, 0.25) is 0 Å². The largest absolute Gasteiger partial charge is 0.480 e. The average Bonchev–Trinajstić information content (AvgIpc) is 3.24. The highest BCUT2D eigenvalue weighted by Crippen LogP contribution is 2.29. The molecule has 1 fully saturated rings. The molecule has 2 heterocycles. The summed E-state index contributed by atoms with van der Waals surface area (Å²) >= 11 is 1.45. The van der Waals surface area contributed by atoms with Crippen molar-refractivity contribution < 1.29 is 14.7 Å². The van der Waals surface area contributed by atoms with Crippen molar-refractivity contribution in [1.82, 2.24) is 14.3 Å². The van der Waals surface area contributed by atoms with E-state index in [0.29, 0.717) is 11.2 Å². The zero-order chi connectivity index (χ0) is 15.0. The van der Waals surface area contributed by atoms with Crippen LogP contribution in [-0.4, -0.2) is 50.1 Å². The van der Waals surface area contributed by atoms with Crippen molar-refractivity contribution in [2.45, 2.75) is 24.0 Å². The van der Waals surface area contributed by atoms with E-state index in [4.69, 9.17) is 5.11 Å². The lowest BCUT2D eigenvalue weighted by molar-refractivity contribution is -0.137. The Hall–Kier alpha value is -2.02.